The number of nitrogens with zero attached hydrogens (tertiary/aromatic N) is 4. The second-order valence-electron chi connectivity index (χ2n) is 4.24. The van der Waals surface area contributed by atoms with E-state index in [0.717, 1.165) is 4.47 Å². The summed E-state index contributed by atoms with van der Waals surface area (Å²) < 4.78 is 15.4. The van der Waals surface area contributed by atoms with Crippen molar-refractivity contribution < 1.29 is 4.39 Å². The van der Waals surface area contributed by atoms with Gasteiger partial charge in [0.1, 0.15) is 5.82 Å². The van der Waals surface area contributed by atoms with E-state index in [-0.39, 0.29) is 5.69 Å². The smallest absolute Gasteiger partial charge is 0.189 e. The van der Waals surface area contributed by atoms with Crippen LogP contribution in [0, 0.1) is 5.82 Å². The molecular formula is C13H8BrClFN5. The third kappa shape index (κ3) is 2.62. The van der Waals surface area contributed by atoms with Gasteiger partial charge in [-0.3, -0.25) is 0 Å². The molecule has 0 saturated carbocycles. The zero-order chi connectivity index (χ0) is 15.0. The van der Waals surface area contributed by atoms with E-state index in [4.69, 9.17) is 17.3 Å². The topological polar surface area (TPSA) is 69.6 Å². The highest BCUT2D eigenvalue weighted by Crippen LogP contribution is 2.30. The lowest BCUT2D eigenvalue weighted by atomic mass is 10.1. The average Bonchev–Trinajstić information content (AvgIpc) is 2.87. The molecule has 8 heteroatoms. The lowest BCUT2D eigenvalue weighted by Gasteiger charge is -2.08. The first-order valence-electron chi connectivity index (χ1n) is 5.85. The molecule has 3 rings (SSSR count). The van der Waals surface area contributed by atoms with Crippen LogP contribution >= 0.6 is 27.5 Å². The maximum atomic E-state index is 13.2. The Bertz CT molecular complexity index is 754. The van der Waals surface area contributed by atoms with Gasteiger partial charge in [0, 0.05) is 20.7 Å². The van der Waals surface area contributed by atoms with E-state index in [1.165, 1.54) is 22.9 Å². The SMILES string of the molecule is Nc1cc(F)ccc1-c1nnnn1-c1ccc(Cl)cc1Br. The van der Waals surface area contributed by atoms with Crippen LogP contribution in [0.15, 0.2) is 40.9 Å². The Kier molecular flexibility index (Phi) is 3.60. The van der Waals surface area contributed by atoms with Crippen LogP contribution in [0.3, 0.4) is 0 Å². The predicted molar refractivity (Wildman–Crippen MR) is 81.7 cm³/mol. The second-order valence-corrected chi connectivity index (χ2v) is 5.53. The number of nitrogens with two attached hydrogens (primary N) is 1. The highest BCUT2D eigenvalue weighted by atomic mass is 79.9. The monoisotopic (exact) mass is 367 g/mol. The molecule has 3 aromatic rings. The van der Waals surface area contributed by atoms with Gasteiger partial charge in [-0.05, 0) is 62.8 Å². The number of rotatable bonds is 2. The van der Waals surface area contributed by atoms with Crippen molar-refractivity contribution in [3.63, 3.8) is 0 Å². The van der Waals surface area contributed by atoms with Crippen LogP contribution in [-0.2, 0) is 0 Å². The van der Waals surface area contributed by atoms with Crippen LogP contribution < -0.4 is 5.73 Å². The molecule has 21 heavy (non-hydrogen) atoms. The molecule has 2 N–H and O–H groups in total. The molecule has 106 valence electrons. The van der Waals surface area contributed by atoms with E-state index in [2.05, 4.69) is 31.5 Å². The van der Waals surface area contributed by atoms with Crippen LogP contribution in [0.5, 0.6) is 0 Å². The molecule has 0 bridgehead atoms. The van der Waals surface area contributed by atoms with Gasteiger partial charge in [-0.25, -0.2) is 4.39 Å². The van der Waals surface area contributed by atoms with E-state index in [9.17, 15) is 4.39 Å². The summed E-state index contributed by atoms with van der Waals surface area (Å²) >= 11 is 9.34. The summed E-state index contributed by atoms with van der Waals surface area (Å²) in [5, 5.41) is 12.2. The Hall–Kier alpha value is -1.99. The van der Waals surface area contributed by atoms with E-state index in [0.29, 0.717) is 22.1 Å². The van der Waals surface area contributed by atoms with Gasteiger partial charge in [-0.1, -0.05) is 11.6 Å². The molecule has 1 aromatic heterocycles. The van der Waals surface area contributed by atoms with Crippen LogP contribution in [0.1, 0.15) is 0 Å². The molecule has 0 spiro atoms. The van der Waals surface area contributed by atoms with Crippen molar-refractivity contribution in [3.05, 3.63) is 51.7 Å². The molecule has 0 atom stereocenters. The zero-order valence-electron chi connectivity index (χ0n) is 10.5. The largest absolute Gasteiger partial charge is 0.398 e. The summed E-state index contributed by atoms with van der Waals surface area (Å²) in [5.41, 5.74) is 7.34. The quantitative estimate of drug-likeness (QED) is 0.703. The van der Waals surface area contributed by atoms with Gasteiger partial charge < -0.3 is 5.73 Å². The minimum absolute atomic E-state index is 0.260. The number of benzene rings is 2. The molecule has 0 fully saturated rings. The van der Waals surface area contributed by atoms with Crippen LogP contribution in [0.25, 0.3) is 17.1 Å². The highest BCUT2D eigenvalue weighted by Gasteiger charge is 2.15. The minimum atomic E-state index is -0.414. The standard InChI is InChI=1S/C13H8BrClFN5/c14-10-5-7(15)1-4-12(10)21-13(18-19-20-21)9-3-2-8(16)6-11(9)17/h1-6H,17H2. The first-order chi connectivity index (χ1) is 10.1. The average molecular weight is 369 g/mol. The maximum absolute atomic E-state index is 13.2. The molecule has 0 radical (unpaired) electrons. The van der Waals surface area contributed by atoms with Gasteiger partial charge in [-0.15, -0.1) is 5.10 Å². The Balaban J connectivity index is 2.17. The fraction of sp³-hybridized carbons (Fsp3) is 0. The van der Waals surface area contributed by atoms with Crippen molar-refractivity contribution in [2.45, 2.75) is 0 Å². The van der Waals surface area contributed by atoms with Crippen LogP contribution in [0.2, 0.25) is 5.02 Å². The predicted octanol–water partition coefficient (Wildman–Crippen LogP) is 3.47. The molecule has 0 aliphatic carbocycles. The summed E-state index contributed by atoms with van der Waals surface area (Å²) in [7, 11) is 0. The number of anilines is 1. The molecule has 0 saturated heterocycles. The normalized spacial score (nSPS) is 10.8. The van der Waals surface area contributed by atoms with Crippen LogP contribution in [-0.4, -0.2) is 20.2 Å². The molecule has 5 nitrogen and oxygen atoms in total. The van der Waals surface area contributed by atoms with Gasteiger partial charge in [-0.2, -0.15) is 4.68 Å². The third-order valence-corrected chi connectivity index (χ3v) is 3.73. The number of halogens is 3. The van der Waals surface area contributed by atoms with Crippen molar-refractivity contribution in [1.29, 1.82) is 0 Å². The Morgan fingerprint density at radius 1 is 1.19 bits per heavy atom. The second kappa shape index (κ2) is 5.42. The van der Waals surface area contributed by atoms with E-state index >= 15 is 0 Å². The number of aromatic nitrogens is 4. The van der Waals surface area contributed by atoms with Crippen molar-refractivity contribution >= 4 is 33.2 Å². The number of hydrogen-bond acceptors (Lipinski definition) is 4. The lowest BCUT2D eigenvalue weighted by molar-refractivity contribution is 0.628. The Morgan fingerprint density at radius 3 is 2.71 bits per heavy atom. The lowest BCUT2D eigenvalue weighted by Crippen LogP contribution is -2.02. The molecule has 0 amide bonds. The number of tetrazole rings is 1. The maximum Gasteiger partial charge on any atom is 0.189 e. The van der Waals surface area contributed by atoms with E-state index in [1.54, 1.807) is 18.2 Å². The first-order valence-corrected chi connectivity index (χ1v) is 7.02. The summed E-state index contributed by atoms with van der Waals surface area (Å²) in [4.78, 5) is 0. The fourth-order valence-corrected chi connectivity index (χ4v) is 2.76. The number of hydrogen-bond donors (Lipinski definition) is 1. The zero-order valence-corrected chi connectivity index (χ0v) is 12.8. The van der Waals surface area contributed by atoms with Crippen molar-refractivity contribution in [1.82, 2.24) is 20.2 Å². The van der Waals surface area contributed by atoms with Gasteiger partial charge in [0.05, 0.1) is 5.69 Å². The molecule has 0 aliphatic heterocycles. The summed E-state index contributed by atoms with van der Waals surface area (Å²) in [6.45, 7) is 0. The van der Waals surface area contributed by atoms with E-state index in [1.807, 2.05) is 0 Å². The summed E-state index contributed by atoms with van der Waals surface area (Å²) in [6, 6.07) is 9.30. The molecule has 2 aromatic carbocycles. The summed E-state index contributed by atoms with van der Waals surface area (Å²) in [5.74, 6) is -0.00142. The Labute approximate surface area is 132 Å². The van der Waals surface area contributed by atoms with Gasteiger partial charge in [0.15, 0.2) is 5.82 Å². The van der Waals surface area contributed by atoms with Crippen molar-refractivity contribution in [3.8, 4) is 17.1 Å². The van der Waals surface area contributed by atoms with E-state index < -0.39 is 5.82 Å². The molecule has 0 unspecified atom stereocenters. The molecule has 1 heterocycles. The molecular weight excluding hydrogens is 361 g/mol. The third-order valence-electron chi connectivity index (χ3n) is 2.86. The van der Waals surface area contributed by atoms with Gasteiger partial charge in [0.2, 0.25) is 0 Å². The number of nitrogen functional groups attached to an aromatic ring is 1. The van der Waals surface area contributed by atoms with Crippen molar-refractivity contribution in [2.75, 3.05) is 5.73 Å². The van der Waals surface area contributed by atoms with Crippen LogP contribution in [0.4, 0.5) is 10.1 Å². The van der Waals surface area contributed by atoms with Gasteiger partial charge in [0.25, 0.3) is 0 Å². The van der Waals surface area contributed by atoms with Gasteiger partial charge >= 0.3 is 0 Å². The van der Waals surface area contributed by atoms with Crippen molar-refractivity contribution in [2.24, 2.45) is 0 Å². The fourth-order valence-electron chi connectivity index (χ4n) is 1.91. The summed E-state index contributed by atoms with van der Waals surface area (Å²) in [6.07, 6.45) is 0. The first kappa shape index (κ1) is 14.0. The Morgan fingerprint density at radius 2 is 2.00 bits per heavy atom. The molecule has 0 aliphatic rings. The highest BCUT2D eigenvalue weighted by molar-refractivity contribution is 9.10. The minimum Gasteiger partial charge on any atom is -0.398 e.